The Bertz CT molecular complexity index is 1050. The highest BCUT2D eigenvalue weighted by Gasteiger charge is 2.47. The van der Waals surface area contributed by atoms with Crippen molar-refractivity contribution in [3.05, 3.63) is 77.2 Å². The average molecular weight is 432 g/mol. The molecular formula is C20H16ClF2N5O2. The Kier molecular flexibility index (Phi) is 5.29. The number of carbonyl (C=O) groups excluding carboxylic acids is 1. The molecule has 30 heavy (non-hydrogen) atoms. The zero-order chi connectivity index (χ0) is 21.2. The summed E-state index contributed by atoms with van der Waals surface area (Å²) < 4.78 is 33.6. The molecule has 10 heteroatoms. The van der Waals surface area contributed by atoms with E-state index in [-0.39, 0.29) is 22.2 Å². The van der Waals surface area contributed by atoms with Gasteiger partial charge in [0.2, 0.25) is 5.88 Å². The number of benzene rings is 1. The first-order valence-corrected chi connectivity index (χ1v) is 9.44. The Balaban J connectivity index is 1.38. The lowest BCUT2D eigenvalue weighted by molar-refractivity contribution is -0.0479. The molecule has 0 aliphatic heterocycles. The van der Waals surface area contributed by atoms with Gasteiger partial charge < -0.3 is 10.1 Å². The van der Waals surface area contributed by atoms with Crippen LogP contribution >= 0.6 is 11.6 Å². The van der Waals surface area contributed by atoms with Gasteiger partial charge in [-0.05, 0) is 25.0 Å². The lowest BCUT2D eigenvalue weighted by atomic mass is 10.1. The van der Waals surface area contributed by atoms with Gasteiger partial charge in [0.25, 0.3) is 5.91 Å². The quantitative estimate of drug-likeness (QED) is 0.615. The van der Waals surface area contributed by atoms with Crippen molar-refractivity contribution >= 4 is 17.5 Å². The van der Waals surface area contributed by atoms with Crippen LogP contribution in [0.2, 0.25) is 5.02 Å². The van der Waals surface area contributed by atoms with E-state index in [4.69, 9.17) is 16.3 Å². The summed E-state index contributed by atoms with van der Waals surface area (Å²) in [5.74, 6) is -3.83. The molecule has 2 heterocycles. The third-order valence-electron chi connectivity index (χ3n) is 4.67. The topological polar surface area (TPSA) is 89.9 Å². The van der Waals surface area contributed by atoms with Gasteiger partial charge in [-0.15, -0.1) is 0 Å². The number of nitrogens with one attached hydrogen (secondary N) is 1. The van der Waals surface area contributed by atoms with E-state index in [1.54, 1.807) is 18.6 Å². The molecule has 1 amide bonds. The molecule has 4 rings (SSSR count). The lowest BCUT2D eigenvalue weighted by Gasteiger charge is -2.17. The minimum absolute atomic E-state index is 0.0408. The molecule has 3 aromatic rings. The average Bonchev–Trinajstić information content (AvgIpc) is 3.54. The van der Waals surface area contributed by atoms with Gasteiger partial charge in [0.05, 0.1) is 29.8 Å². The number of halogens is 3. The van der Waals surface area contributed by atoms with Crippen LogP contribution in [-0.4, -0.2) is 32.4 Å². The highest BCUT2D eigenvalue weighted by atomic mass is 35.5. The Hall–Kier alpha value is -3.20. The normalized spacial score (nSPS) is 14.8. The van der Waals surface area contributed by atoms with Gasteiger partial charge in [-0.1, -0.05) is 23.7 Å². The molecule has 1 aliphatic carbocycles. The number of alkyl halides is 2. The summed E-state index contributed by atoms with van der Waals surface area (Å²) in [6.45, 7) is -0.941. The predicted molar refractivity (Wildman–Crippen MR) is 103 cm³/mol. The van der Waals surface area contributed by atoms with Crippen LogP contribution in [0.4, 0.5) is 8.78 Å². The summed E-state index contributed by atoms with van der Waals surface area (Å²) >= 11 is 5.76. The van der Waals surface area contributed by atoms with Crippen LogP contribution in [0.5, 0.6) is 5.88 Å². The maximum absolute atomic E-state index is 14.3. The van der Waals surface area contributed by atoms with E-state index in [1.807, 2.05) is 0 Å². The zero-order valence-electron chi connectivity index (χ0n) is 15.6. The van der Waals surface area contributed by atoms with Crippen molar-refractivity contribution < 1.29 is 18.3 Å². The molecule has 1 saturated carbocycles. The molecular weight excluding hydrogens is 416 g/mol. The number of amides is 1. The van der Waals surface area contributed by atoms with Gasteiger partial charge in [0.1, 0.15) is 5.69 Å². The van der Waals surface area contributed by atoms with E-state index < -0.39 is 24.0 Å². The zero-order valence-corrected chi connectivity index (χ0v) is 16.3. The summed E-state index contributed by atoms with van der Waals surface area (Å²) in [6.07, 6.45) is 8.51. The third-order valence-corrected chi connectivity index (χ3v) is 4.90. The fourth-order valence-corrected chi connectivity index (χ4v) is 3.06. The first-order valence-electron chi connectivity index (χ1n) is 9.06. The van der Waals surface area contributed by atoms with Gasteiger partial charge in [-0.3, -0.25) is 14.8 Å². The Morgan fingerprint density at radius 3 is 2.63 bits per heavy atom. The van der Waals surface area contributed by atoms with Crippen molar-refractivity contribution in [2.24, 2.45) is 0 Å². The fourth-order valence-electron chi connectivity index (χ4n) is 2.87. The van der Waals surface area contributed by atoms with Gasteiger partial charge in [-0.25, -0.2) is 9.97 Å². The van der Waals surface area contributed by atoms with E-state index >= 15 is 0 Å². The molecule has 2 aromatic heterocycles. The van der Waals surface area contributed by atoms with Gasteiger partial charge in [0, 0.05) is 23.0 Å². The van der Waals surface area contributed by atoms with Crippen LogP contribution < -0.4 is 10.1 Å². The second-order valence-corrected chi connectivity index (χ2v) is 7.31. The Morgan fingerprint density at radius 1 is 1.17 bits per heavy atom. The molecule has 0 spiro atoms. The number of hydrogen-bond donors (Lipinski definition) is 1. The van der Waals surface area contributed by atoms with Gasteiger partial charge in [0.15, 0.2) is 6.61 Å². The van der Waals surface area contributed by atoms with Crippen LogP contribution in [0, 0.1) is 0 Å². The third kappa shape index (κ3) is 4.35. The van der Waals surface area contributed by atoms with E-state index in [1.165, 1.54) is 30.5 Å². The molecule has 0 saturated heterocycles. The van der Waals surface area contributed by atoms with Crippen molar-refractivity contribution in [1.29, 1.82) is 0 Å². The minimum atomic E-state index is -3.27. The maximum Gasteiger partial charge on any atom is 0.306 e. The largest absolute Gasteiger partial charge is 0.470 e. The van der Waals surface area contributed by atoms with E-state index in [0.29, 0.717) is 5.69 Å². The number of aromatic nitrogens is 4. The smallest absolute Gasteiger partial charge is 0.306 e. The summed E-state index contributed by atoms with van der Waals surface area (Å²) in [5.41, 5.74) is -0.104. The van der Waals surface area contributed by atoms with Gasteiger partial charge in [-0.2, -0.15) is 8.78 Å². The van der Waals surface area contributed by atoms with Crippen molar-refractivity contribution in [3.8, 4) is 5.88 Å². The summed E-state index contributed by atoms with van der Waals surface area (Å²) in [6, 6.07) is 5.38. The highest BCUT2D eigenvalue weighted by molar-refractivity contribution is 6.30. The number of hydrogen-bond acceptors (Lipinski definition) is 6. The molecule has 1 fully saturated rings. The van der Waals surface area contributed by atoms with E-state index in [9.17, 15) is 13.6 Å². The molecule has 1 aliphatic rings. The molecule has 7 nitrogen and oxygen atoms in total. The Labute approximate surface area is 175 Å². The van der Waals surface area contributed by atoms with E-state index in [2.05, 4.69) is 25.3 Å². The van der Waals surface area contributed by atoms with Crippen molar-refractivity contribution in [2.45, 2.75) is 24.3 Å². The van der Waals surface area contributed by atoms with Gasteiger partial charge >= 0.3 is 5.92 Å². The number of nitrogens with zero attached hydrogens (tertiary/aromatic N) is 4. The first-order chi connectivity index (χ1) is 14.4. The number of carbonyl (C=O) groups is 1. The van der Waals surface area contributed by atoms with E-state index in [0.717, 1.165) is 19.0 Å². The molecule has 0 radical (unpaired) electrons. The second-order valence-electron chi connectivity index (χ2n) is 6.87. The SMILES string of the molecule is O=C(NC1(c2cnccn2)CC1)c1cnc(OCC(F)(F)c2cccc(Cl)c2)cn1. The van der Waals surface area contributed by atoms with Crippen LogP contribution in [0.3, 0.4) is 0 Å². The fraction of sp³-hybridized carbons (Fsp3) is 0.250. The summed E-state index contributed by atoms with van der Waals surface area (Å²) in [4.78, 5) is 28.6. The predicted octanol–water partition coefficient (Wildman–Crippen LogP) is 3.51. The summed E-state index contributed by atoms with van der Waals surface area (Å²) in [5, 5.41) is 3.09. The number of ether oxygens (including phenoxy) is 1. The summed E-state index contributed by atoms with van der Waals surface area (Å²) in [7, 11) is 0. The first kappa shape index (κ1) is 20.1. The standard InChI is InChI=1S/C20H16ClF2N5O2/c21-14-3-1-2-13(8-14)20(22,23)12-30-17-11-26-15(9-27-17)18(29)28-19(4-5-19)16-10-24-6-7-25-16/h1-3,6-11H,4-5,12H2,(H,28,29). The van der Waals surface area contributed by atoms with Crippen molar-refractivity contribution in [2.75, 3.05) is 6.61 Å². The van der Waals surface area contributed by atoms with Crippen LogP contribution in [0.1, 0.15) is 34.6 Å². The highest BCUT2D eigenvalue weighted by Crippen LogP contribution is 2.44. The second kappa shape index (κ2) is 7.91. The van der Waals surface area contributed by atoms with Crippen molar-refractivity contribution in [3.63, 3.8) is 0 Å². The van der Waals surface area contributed by atoms with Crippen molar-refractivity contribution in [1.82, 2.24) is 25.3 Å². The molecule has 154 valence electrons. The lowest BCUT2D eigenvalue weighted by Crippen LogP contribution is -2.36. The molecule has 0 unspecified atom stereocenters. The Morgan fingerprint density at radius 2 is 2.00 bits per heavy atom. The van der Waals surface area contributed by atoms with Crippen LogP contribution in [0.15, 0.2) is 55.2 Å². The van der Waals surface area contributed by atoms with Crippen LogP contribution in [-0.2, 0) is 11.5 Å². The van der Waals surface area contributed by atoms with Crippen LogP contribution in [0.25, 0.3) is 0 Å². The molecule has 0 bridgehead atoms. The number of rotatable bonds is 7. The monoisotopic (exact) mass is 431 g/mol. The molecule has 1 N–H and O–H groups in total. The maximum atomic E-state index is 14.3. The molecule has 0 atom stereocenters. The molecule has 1 aromatic carbocycles. The minimum Gasteiger partial charge on any atom is -0.470 e.